The van der Waals surface area contributed by atoms with Crippen LogP contribution >= 0.6 is 0 Å². The molecule has 8 heteroatoms. The predicted octanol–water partition coefficient (Wildman–Crippen LogP) is 2.61. The van der Waals surface area contributed by atoms with Crippen LogP contribution in [0.5, 0.6) is 0 Å². The summed E-state index contributed by atoms with van der Waals surface area (Å²) in [5.74, 6) is -0.797. The molecule has 3 aliphatic heterocycles. The molecular formula is C26H35N5O3. The Morgan fingerprint density at radius 1 is 1.03 bits per heavy atom. The molecule has 1 unspecified atom stereocenters. The summed E-state index contributed by atoms with van der Waals surface area (Å²) in [6, 6.07) is 6.42. The van der Waals surface area contributed by atoms with Crippen molar-refractivity contribution < 1.29 is 14.3 Å². The summed E-state index contributed by atoms with van der Waals surface area (Å²) in [6.07, 6.45) is 8.89. The quantitative estimate of drug-likeness (QED) is 0.675. The number of nitrogens with one attached hydrogen (secondary N) is 2. The van der Waals surface area contributed by atoms with Gasteiger partial charge < -0.3 is 15.0 Å². The number of amides is 2. The second kappa shape index (κ2) is 8.64. The maximum atomic E-state index is 12.4. The first-order chi connectivity index (χ1) is 16.5. The molecule has 0 radical (unpaired) electrons. The number of benzene rings is 1. The van der Waals surface area contributed by atoms with Gasteiger partial charge in [-0.2, -0.15) is 5.10 Å². The Morgan fingerprint density at radius 2 is 1.76 bits per heavy atom. The van der Waals surface area contributed by atoms with E-state index in [4.69, 9.17) is 4.74 Å². The molecule has 1 saturated carbocycles. The summed E-state index contributed by atoms with van der Waals surface area (Å²) < 4.78 is 8.40. The van der Waals surface area contributed by atoms with Crippen LogP contribution in [-0.4, -0.2) is 60.0 Å². The lowest BCUT2D eigenvalue weighted by atomic mass is 9.69. The fourth-order valence-corrected chi connectivity index (χ4v) is 6.38. The average Bonchev–Trinajstić information content (AvgIpc) is 3.15. The molecule has 2 amide bonds. The first kappa shape index (κ1) is 22.0. The number of nitrogens with zero attached hydrogens (tertiary/aromatic N) is 3. The Bertz CT molecular complexity index is 1090. The molecule has 1 aliphatic carbocycles. The second-order valence-corrected chi connectivity index (χ2v) is 10.8. The lowest BCUT2D eigenvalue weighted by Crippen LogP contribution is -2.55. The van der Waals surface area contributed by atoms with Crippen molar-refractivity contribution in [1.82, 2.24) is 20.4 Å². The van der Waals surface area contributed by atoms with Gasteiger partial charge in [-0.25, -0.2) is 0 Å². The minimum Gasteiger partial charge on any atom is -0.375 e. The molecule has 2 N–H and O–H groups in total. The fraction of sp³-hybridized carbons (Fsp3) is 0.654. The number of imide groups is 1. The van der Waals surface area contributed by atoms with Crippen molar-refractivity contribution in [2.24, 2.45) is 12.5 Å². The number of hydrogen-bond acceptors (Lipinski definition) is 6. The van der Waals surface area contributed by atoms with E-state index in [0.29, 0.717) is 30.5 Å². The average molecular weight is 466 g/mol. The lowest BCUT2D eigenvalue weighted by molar-refractivity contribution is -0.134. The summed E-state index contributed by atoms with van der Waals surface area (Å²) in [4.78, 5) is 26.4. The molecule has 1 spiro atoms. The zero-order valence-electron chi connectivity index (χ0n) is 20.0. The van der Waals surface area contributed by atoms with E-state index in [1.807, 2.05) is 11.7 Å². The van der Waals surface area contributed by atoms with Gasteiger partial charge in [-0.1, -0.05) is 0 Å². The van der Waals surface area contributed by atoms with Crippen LogP contribution in [0.15, 0.2) is 18.2 Å². The van der Waals surface area contributed by atoms with Gasteiger partial charge in [0, 0.05) is 50.7 Å². The summed E-state index contributed by atoms with van der Waals surface area (Å²) in [6.45, 7) is 4.39. The third kappa shape index (κ3) is 4.01. The van der Waals surface area contributed by atoms with E-state index < -0.39 is 0 Å². The number of anilines is 1. The number of carbonyl (C=O) groups excluding carboxylic acids is 2. The number of rotatable bonds is 4. The predicted molar refractivity (Wildman–Crippen MR) is 130 cm³/mol. The minimum atomic E-state index is -0.365. The molecule has 8 nitrogen and oxygen atoms in total. The van der Waals surface area contributed by atoms with Gasteiger partial charge in [-0.3, -0.25) is 19.6 Å². The second-order valence-electron chi connectivity index (χ2n) is 10.8. The summed E-state index contributed by atoms with van der Waals surface area (Å²) in [5.41, 5.74) is 3.58. The zero-order valence-corrected chi connectivity index (χ0v) is 20.0. The van der Waals surface area contributed by atoms with Crippen LogP contribution in [0.3, 0.4) is 0 Å². The molecule has 0 bridgehead atoms. The SMILES string of the molecule is Cn1nc(C2CCC(=O)NC2=O)c2ccc(N3CCC(OC4CCC5(CC4)CNC5)CC3)cc21. The maximum absolute atomic E-state index is 12.4. The van der Waals surface area contributed by atoms with E-state index in [9.17, 15) is 9.59 Å². The highest BCUT2D eigenvalue weighted by molar-refractivity contribution is 6.02. The molecule has 182 valence electrons. The van der Waals surface area contributed by atoms with Crippen molar-refractivity contribution in [2.75, 3.05) is 31.1 Å². The van der Waals surface area contributed by atoms with Gasteiger partial charge in [0.1, 0.15) is 0 Å². The van der Waals surface area contributed by atoms with E-state index in [1.54, 1.807) is 0 Å². The highest BCUT2D eigenvalue weighted by Crippen LogP contribution is 2.41. The van der Waals surface area contributed by atoms with Crippen molar-refractivity contribution in [3.05, 3.63) is 23.9 Å². The van der Waals surface area contributed by atoms with E-state index in [0.717, 1.165) is 42.5 Å². The molecule has 34 heavy (non-hydrogen) atoms. The fourth-order valence-electron chi connectivity index (χ4n) is 6.38. The Labute approximate surface area is 200 Å². The summed E-state index contributed by atoms with van der Waals surface area (Å²) in [5, 5.41) is 11.6. The van der Waals surface area contributed by atoms with Gasteiger partial charge in [0.05, 0.1) is 29.3 Å². The van der Waals surface area contributed by atoms with Crippen LogP contribution in [0.1, 0.15) is 63.0 Å². The highest BCUT2D eigenvalue weighted by Gasteiger charge is 2.41. The van der Waals surface area contributed by atoms with Gasteiger partial charge in [0.15, 0.2) is 0 Å². The molecule has 3 saturated heterocycles. The summed E-state index contributed by atoms with van der Waals surface area (Å²) in [7, 11) is 1.93. The lowest BCUT2D eigenvalue weighted by Gasteiger charge is -2.48. The number of piperidine rings is 2. The number of fused-ring (bicyclic) bond motifs is 1. The third-order valence-electron chi connectivity index (χ3n) is 8.62. The number of aryl methyl sites for hydroxylation is 1. The highest BCUT2D eigenvalue weighted by atomic mass is 16.5. The molecule has 4 fully saturated rings. The molecule has 1 aromatic carbocycles. The molecule has 4 aliphatic rings. The Hall–Kier alpha value is -2.45. The molecular weight excluding hydrogens is 430 g/mol. The maximum Gasteiger partial charge on any atom is 0.235 e. The number of ether oxygens (including phenoxy) is 1. The van der Waals surface area contributed by atoms with Crippen molar-refractivity contribution in [1.29, 1.82) is 0 Å². The Kier molecular flexibility index (Phi) is 5.60. The standard InChI is InChI=1S/C26H35N5O3/c1-30-22-14-17(2-3-20(22)24(29-30)21-4-5-23(32)28-25(21)33)31-12-8-19(9-13-31)34-18-6-10-26(11-7-18)15-27-16-26/h2-3,14,18-19,21,27H,4-13,15-16H2,1H3,(H,28,32,33). The van der Waals surface area contributed by atoms with Gasteiger partial charge in [-0.15, -0.1) is 0 Å². The van der Waals surface area contributed by atoms with Crippen LogP contribution in [0.25, 0.3) is 10.9 Å². The van der Waals surface area contributed by atoms with Gasteiger partial charge in [0.2, 0.25) is 11.8 Å². The van der Waals surface area contributed by atoms with Gasteiger partial charge >= 0.3 is 0 Å². The van der Waals surface area contributed by atoms with Crippen molar-refractivity contribution >= 4 is 28.4 Å². The topological polar surface area (TPSA) is 88.5 Å². The minimum absolute atomic E-state index is 0.195. The first-order valence-electron chi connectivity index (χ1n) is 12.9. The van der Waals surface area contributed by atoms with Crippen molar-refractivity contribution in [3.8, 4) is 0 Å². The van der Waals surface area contributed by atoms with Gasteiger partial charge in [-0.05, 0) is 68.6 Å². The smallest absolute Gasteiger partial charge is 0.235 e. The zero-order chi connectivity index (χ0) is 23.3. The molecule has 4 heterocycles. The molecule has 2 aromatic rings. The third-order valence-corrected chi connectivity index (χ3v) is 8.62. The Morgan fingerprint density at radius 3 is 2.44 bits per heavy atom. The number of aromatic nitrogens is 2. The van der Waals surface area contributed by atoms with Crippen molar-refractivity contribution in [2.45, 2.75) is 69.5 Å². The molecule has 1 aromatic heterocycles. The van der Waals surface area contributed by atoms with E-state index >= 15 is 0 Å². The van der Waals surface area contributed by atoms with Crippen LogP contribution in [0.2, 0.25) is 0 Å². The number of hydrogen-bond donors (Lipinski definition) is 2. The van der Waals surface area contributed by atoms with Crippen LogP contribution in [-0.2, 0) is 21.4 Å². The van der Waals surface area contributed by atoms with E-state index in [-0.39, 0.29) is 17.7 Å². The molecule has 6 rings (SSSR count). The van der Waals surface area contributed by atoms with Crippen LogP contribution in [0, 0.1) is 5.41 Å². The van der Waals surface area contributed by atoms with Crippen molar-refractivity contribution in [3.63, 3.8) is 0 Å². The van der Waals surface area contributed by atoms with Crippen LogP contribution in [0.4, 0.5) is 5.69 Å². The summed E-state index contributed by atoms with van der Waals surface area (Å²) >= 11 is 0. The first-order valence-corrected chi connectivity index (χ1v) is 12.9. The Balaban J connectivity index is 1.09. The van der Waals surface area contributed by atoms with E-state index in [2.05, 4.69) is 38.8 Å². The monoisotopic (exact) mass is 465 g/mol. The van der Waals surface area contributed by atoms with E-state index in [1.165, 1.54) is 44.5 Å². The largest absolute Gasteiger partial charge is 0.375 e. The number of carbonyl (C=O) groups is 2. The van der Waals surface area contributed by atoms with Gasteiger partial charge in [0.25, 0.3) is 0 Å². The molecule has 1 atom stereocenters. The van der Waals surface area contributed by atoms with Crippen LogP contribution < -0.4 is 15.5 Å². The normalized spacial score (nSPS) is 26.1.